The van der Waals surface area contributed by atoms with Crippen LogP contribution in [0.5, 0.6) is 0 Å². The van der Waals surface area contributed by atoms with Gasteiger partial charge in [-0.05, 0) is 46.0 Å². The Hall–Kier alpha value is -3.22. The van der Waals surface area contributed by atoms with Crippen molar-refractivity contribution in [3.05, 3.63) is 88.2 Å². The van der Waals surface area contributed by atoms with E-state index in [1.165, 1.54) is 0 Å². The molecule has 3 N–H and O–H groups in total. The molecule has 1 aliphatic carbocycles. The summed E-state index contributed by atoms with van der Waals surface area (Å²) in [5.41, 5.74) is 3.96. The van der Waals surface area contributed by atoms with Crippen molar-refractivity contribution in [3.63, 3.8) is 0 Å². The molecule has 0 unspecified atom stereocenters. The lowest BCUT2D eigenvalue weighted by molar-refractivity contribution is -0.0673. The van der Waals surface area contributed by atoms with Gasteiger partial charge in [0, 0.05) is 23.2 Å². The van der Waals surface area contributed by atoms with Crippen LogP contribution in [-0.4, -0.2) is 43.3 Å². The van der Waals surface area contributed by atoms with Gasteiger partial charge in [-0.25, -0.2) is 4.79 Å². The Bertz CT molecular complexity index is 1190. The summed E-state index contributed by atoms with van der Waals surface area (Å²) < 4.78 is 1.85. The molecule has 3 aromatic rings. The number of hydrogen-bond acceptors (Lipinski definition) is 4. The van der Waals surface area contributed by atoms with Gasteiger partial charge in [-0.3, -0.25) is 4.68 Å². The van der Waals surface area contributed by atoms with Crippen LogP contribution < -0.4 is 0 Å². The third-order valence-electron chi connectivity index (χ3n) is 6.95. The Labute approximate surface area is 193 Å². The molecule has 0 bridgehead atoms. The molecule has 4 rings (SSSR count). The van der Waals surface area contributed by atoms with Gasteiger partial charge in [-0.15, -0.1) is 0 Å². The first-order chi connectivity index (χ1) is 15.5. The Kier molecular flexibility index (Phi) is 5.76. The molecule has 2 aromatic carbocycles. The molecule has 0 spiro atoms. The fourth-order valence-corrected chi connectivity index (χ4v) is 4.62. The van der Waals surface area contributed by atoms with Crippen LogP contribution in [0.2, 0.25) is 0 Å². The van der Waals surface area contributed by atoms with Crippen molar-refractivity contribution in [2.24, 2.45) is 0 Å². The van der Waals surface area contributed by atoms with Crippen LogP contribution in [-0.2, 0) is 17.4 Å². The molecular weight excluding hydrogens is 416 g/mol. The number of aliphatic hydroxyl groups excluding tert-OH is 2. The highest BCUT2D eigenvalue weighted by molar-refractivity contribution is 5.88. The lowest BCUT2D eigenvalue weighted by atomic mass is 9.59. The van der Waals surface area contributed by atoms with Gasteiger partial charge in [0.15, 0.2) is 0 Å². The van der Waals surface area contributed by atoms with Gasteiger partial charge in [-0.1, -0.05) is 64.1 Å². The van der Waals surface area contributed by atoms with E-state index < -0.39 is 29.0 Å². The van der Waals surface area contributed by atoms with Crippen molar-refractivity contribution in [1.82, 2.24) is 9.78 Å². The molecule has 0 aliphatic heterocycles. The number of carbonyl (C=O) groups is 1. The second-order valence-electron chi connectivity index (χ2n) is 9.89. The summed E-state index contributed by atoms with van der Waals surface area (Å²) >= 11 is 0. The fraction of sp³-hybridized carbons (Fsp3) is 0.333. The minimum Gasteiger partial charge on any atom is -0.478 e. The van der Waals surface area contributed by atoms with Crippen molar-refractivity contribution in [1.29, 1.82) is 0 Å². The Balaban J connectivity index is 1.83. The van der Waals surface area contributed by atoms with Gasteiger partial charge in [0.1, 0.15) is 0 Å². The van der Waals surface area contributed by atoms with Gasteiger partial charge in [-0.2, -0.15) is 5.10 Å². The van der Waals surface area contributed by atoms with E-state index in [4.69, 9.17) is 5.11 Å². The number of rotatable bonds is 5. The topological polar surface area (TPSA) is 95.6 Å². The summed E-state index contributed by atoms with van der Waals surface area (Å²) in [6.07, 6.45) is 5.84. The Morgan fingerprint density at radius 3 is 2.15 bits per heavy atom. The van der Waals surface area contributed by atoms with Crippen LogP contribution in [0.15, 0.2) is 54.9 Å². The largest absolute Gasteiger partial charge is 0.478 e. The monoisotopic (exact) mass is 446 g/mol. The van der Waals surface area contributed by atoms with Crippen LogP contribution in [0.1, 0.15) is 65.9 Å². The first-order valence-corrected chi connectivity index (χ1v) is 11.0. The molecule has 1 aliphatic rings. The van der Waals surface area contributed by atoms with E-state index in [-0.39, 0.29) is 5.56 Å². The van der Waals surface area contributed by atoms with Crippen LogP contribution in [0.4, 0.5) is 0 Å². The number of fused-ring (bicyclic) bond motifs is 1. The highest BCUT2D eigenvalue weighted by Crippen LogP contribution is 2.47. The zero-order chi connectivity index (χ0) is 24.0. The summed E-state index contributed by atoms with van der Waals surface area (Å²) in [5.74, 6) is -0.952. The molecule has 0 saturated heterocycles. The van der Waals surface area contributed by atoms with E-state index in [9.17, 15) is 15.0 Å². The van der Waals surface area contributed by atoms with Gasteiger partial charge < -0.3 is 15.3 Å². The van der Waals surface area contributed by atoms with Crippen LogP contribution in [0.3, 0.4) is 0 Å². The van der Waals surface area contributed by atoms with Crippen LogP contribution in [0.25, 0.3) is 12.2 Å². The number of aromatic nitrogens is 2. The quantitative estimate of drug-likeness (QED) is 0.513. The number of aromatic carboxylic acids is 1. The molecule has 6 heteroatoms. The van der Waals surface area contributed by atoms with Gasteiger partial charge in [0.05, 0.1) is 24.3 Å². The number of nitrogens with zero attached hydrogens (tertiary/aromatic N) is 2. The average molecular weight is 447 g/mol. The summed E-state index contributed by atoms with van der Waals surface area (Å²) in [7, 11) is 0. The molecule has 0 saturated carbocycles. The Morgan fingerprint density at radius 2 is 1.61 bits per heavy atom. The minimum atomic E-state index is -0.952. The SMILES string of the molecule is CC1(C)c2cc(C=Cc3ccc(C(=O)O)cc3)c(Cn3cccn3)cc2C(C)(C)[C@H](O)[C@H]1O. The zero-order valence-electron chi connectivity index (χ0n) is 19.4. The molecule has 1 aromatic heterocycles. The van der Waals surface area contributed by atoms with E-state index in [0.717, 1.165) is 27.8 Å². The molecule has 0 radical (unpaired) electrons. The van der Waals surface area contributed by atoms with Crippen molar-refractivity contribution in [2.75, 3.05) is 0 Å². The van der Waals surface area contributed by atoms with Crippen molar-refractivity contribution in [2.45, 2.75) is 57.3 Å². The van der Waals surface area contributed by atoms with E-state index >= 15 is 0 Å². The maximum absolute atomic E-state index is 11.1. The Morgan fingerprint density at radius 1 is 1.00 bits per heavy atom. The second kappa shape index (κ2) is 8.28. The van der Waals surface area contributed by atoms with E-state index in [1.54, 1.807) is 30.5 Å². The normalized spacial score (nSPS) is 21.2. The van der Waals surface area contributed by atoms with Gasteiger partial charge >= 0.3 is 5.97 Å². The number of benzene rings is 2. The summed E-state index contributed by atoms with van der Waals surface area (Å²) in [5, 5.41) is 35.3. The maximum atomic E-state index is 11.1. The number of hydrogen-bond donors (Lipinski definition) is 3. The molecule has 2 atom stereocenters. The smallest absolute Gasteiger partial charge is 0.335 e. The standard InChI is InChI=1S/C27H30N2O4/c1-26(2)21-14-19(11-8-17-6-9-18(10-7-17)25(32)33)20(16-29-13-5-12-28-29)15-22(21)27(3,4)24(31)23(26)30/h5-15,23-24,30-31H,16H2,1-4H3,(H,32,33)/t23-,24-/m1/s1. The first-order valence-electron chi connectivity index (χ1n) is 11.0. The second-order valence-corrected chi connectivity index (χ2v) is 9.89. The van der Waals surface area contributed by atoms with E-state index in [0.29, 0.717) is 6.54 Å². The summed E-state index contributed by atoms with van der Waals surface area (Å²) in [4.78, 5) is 11.1. The van der Waals surface area contributed by atoms with Crippen LogP contribution in [0, 0.1) is 0 Å². The number of aliphatic hydroxyl groups is 2. The van der Waals surface area contributed by atoms with Gasteiger partial charge in [0.2, 0.25) is 0 Å². The maximum Gasteiger partial charge on any atom is 0.335 e. The molecule has 6 nitrogen and oxygen atoms in total. The van der Waals surface area contributed by atoms with Gasteiger partial charge in [0.25, 0.3) is 0 Å². The molecular formula is C27H30N2O4. The molecule has 172 valence electrons. The number of carboxylic acid groups (broad SMARTS) is 1. The first kappa shape index (κ1) is 23.0. The third kappa shape index (κ3) is 4.12. The average Bonchev–Trinajstić information content (AvgIpc) is 3.29. The fourth-order valence-electron chi connectivity index (χ4n) is 4.62. The highest BCUT2D eigenvalue weighted by Gasteiger charge is 2.50. The lowest BCUT2D eigenvalue weighted by Crippen LogP contribution is -2.56. The third-order valence-corrected chi connectivity index (χ3v) is 6.95. The van der Waals surface area contributed by atoms with Crippen molar-refractivity contribution in [3.8, 4) is 0 Å². The molecule has 33 heavy (non-hydrogen) atoms. The van der Waals surface area contributed by atoms with Crippen molar-refractivity contribution < 1.29 is 20.1 Å². The summed E-state index contributed by atoms with van der Waals surface area (Å²) in [6, 6.07) is 12.8. The van der Waals surface area contributed by atoms with E-state index in [2.05, 4.69) is 17.2 Å². The molecule has 0 amide bonds. The predicted octanol–water partition coefficient (Wildman–Crippen LogP) is 4.09. The van der Waals surface area contributed by atoms with Crippen molar-refractivity contribution >= 4 is 18.1 Å². The van der Waals surface area contributed by atoms with Crippen LogP contribution >= 0.6 is 0 Å². The highest BCUT2D eigenvalue weighted by atomic mass is 16.4. The number of carboxylic acids is 1. The minimum absolute atomic E-state index is 0.247. The lowest BCUT2D eigenvalue weighted by Gasteiger charge is -2.49. The van der Waals surface area contributed by atoms with E-state index in [1.807, 2.05) is 56.8 Å². The summed E-state index contributed by atoms with van der Waals surface area (Å²) in [6.45, 7) is 8.41. The zero-order valence-corrected chi connectivity index (χ0v) is 19.4. The predicted molar refractivity (Wildman–Crippen MR) is 128 cm³/mol. The molecule has 0 fully saturated rings. The molecule has 1 heterocycles.